The first-order valence-electron chi connectivity index (χ1n) is 12.2. The number of carbonyl (C=O) groups excluding carboxylic acids is 2. The fourth-order valence-electron chi connectivity index (χ4n) is 6.45. The number of hydrogen-bond acceptors (Lipinski definition) is 7. The smallest absolute Gasteiger partial charge is 0.342 e. The van der Waals surface area contributed by atoms with Crippen molar-refractivity contribution in [1.82, 2.24) is 0 Å². The number of ether oxygens (including phenoxy) is 1. The number of nitrogens with zero attached hydrogens (tertiary/aromatic N) is 2. The van der Waals surface area contributed by atoms with E-state index in [-0.39, 0.29) is 28.8 Å². The number of fused-ring (bicyclic) bond motifs is 4. The highest BCUT2D eigenvalue weighted by molar-refractivity contribution is 6.06. The Labute approximate surface area is 208 Å². The Balaban J connectivity index is 1.42. The minimum absolute atomic E-state index is 0.00276. The zero-order chi connectivity index (χ0) is 25.2. The van der Waals surface area contributed by atoms with Crippen LogP contribution in [0.15, 0.2) is 77.9 Å². The minimum Gasteiger partial charge on any atom is -0.455 e. The summed E-state index contributed by atoms with van der Waals surface area (Å²) in [6.07, 6.45) is 4.86. The van der Waals surface area contributed by atoms with Gasteiger partial charge in [0, 0.05) is 35.5 Å². The number of allylic oxidation sites excluding steroid dienone is 3. The molecule has 6 rings (SSSR count). The van der Waals surface area contributed by atoms with Crippen LogP contribution in [0.3, 0.4) is 0 Å². The molecule has 4 aliphatic rings. The van der Waals surface area contributed by atoms with Gasteiger partial charge in [-0.05, 0) is 49.1 Å². The van der Waals surface area contributed by atoms with E-state index in [9.17, 15) is 19.7 Å². The number of anilines is 1. The topological polar surface area (TPSA) is 99.0 Å². The van der Waals surface area contributed by atoms with Crippen molar-refractivity contribution in [1.29, 1.82) is 0 Å². The van der Waals surface area contributed by atoms with Gasteiger partial charge in [0.15, 0.2) is 5.78 Å². The number of esters is 1. The summed E-state index contributed by atoms with van der Waals surface area (Å²) in [5.74, 6) is -0.729. The Bertz CT molecular complexity index is 1330. The Morgan fingerprint density at radius 3 is 2.50 bits per heavy atom. The molecule has 2 saturated heterocycles. The monoisotopic (exact) mass is 486 g/mol. The first-order valence-corrected chi connectivity index (χ1v) is 12.2. The van der Waals surface area contributed by atoms with Crippen molar-refractivity contribution in [2.45, 2.75) is 50.9 Å². The lowest BCUT2D eigenvalue weighted by molar-refractivity contribution is -0.384. The van der Waals surface area contributed by atoms with E-state index in [1.165, 1.54) is 12.1 Å². The highest BCUT2D eigenvalue weighted by atomic mass is 16.7. The van der Waals surface area contributed by atoms with Crippen LogP contribution in [0.2, 0.25) is 0 Å². The van der Waals surface area contributed by atoms with Gasteiger partial charge in [0.2, 0.25) is 5.60 Å². The van der Waals surface area contributed by atoms with Crippen molar-refractivity contribution in [3.8, 4) is 0 Å². The van der Waals surface area contributed by atoms with E-state index in [1.54, 1.807) is 23.3 Å². The minimum atomic E-state index is -1.22. The second-order valence-electron chi connectivity index (χ2n) is 10.3. The number of nitro groups is 1. The first kappa shape index (κ1) is 22.7. The highest BCUT2D eigenvalue weighted by Crippen LogP contribution is 2.59. The average molecular weight is 487 g/mol. The molecule has 1 saturated carbocycles. The number of hydroxylamine groups is 1. The summed E-state index contributed by atoms with van der Waals surface area (Å²) in [5.41, 5.74) is 1.56. The van der Waals surface area contributed by atoms with Gasteiger partial charge >= 0.3 is 5.97 Å². The normalized spacial score (nSPS) is 33.1. The van der Waals surface area contributed by atoms with Gasteiger partial charge in [-0.3, -0.25) is 19.7 Å². The molecule has 0 bridgehead atoms. The number of non-ortho nitro benzene ring substituents is 1. The summed E-state index contributed by atoms with van der Waals surface area (Å²) in [5, 5.41) is 12.9. The van der Waals surface area contributed by atoms with E-state index in [4.69, 9.17) is 9.57 Å². The SMILES string of the molecule is CC1=C2[C@H]3OC(=O)[C@]4(C[C@@H](c5ccc([N+](=O)[O-])cc5)N(c5ccccc5)O4)[C@@H]3CC[C@@]2(C)C=CC1=O. The van der Waals surface area contributed by atoms with Crippen LogP contribution in [0, 0.1) is 21.4 Å². The summed E-state index contributed by atoms with van der Waals surface area (Å²) in [4.78, 5) is 43.5. The molecule has 0 aromatic heterocycles. The molecule has 3 fully saturated rings. The maximum atomic E-state index is 13.6. The maximum absolute atomic E-state index is 13.6. The molecular formula is C28H26N2O6. The molecule has 2 heterocycles. The number of para-hydroxylation sites is 1. The largest absolute Gasteiger partial charge is 0.455 e. The van der Waals surface area contributed by atoms with Crippen molar-refractivity contribution >= 4 is 23.1 Å². The first-order chi connectivity index (χ1) is 17.2. The van der Waals surface area contributed by atoms with Crippen LogP contribution >= 0.6 is 0 Å². The van der Waals surface area contributed by atoms with Gasteiger partial charge in [-0.25, -0.2) is 9.86 Å². The van der Waals surface area contributed by atoms with Gasteiger partial charge in [-0.2, -0.15) is 0 Å². The van der Waals surface area contributed by atoms with Crippen LogP contribution in [-0.2, 0) is 19.2 Å². The molecule has 0 unspecified atom stereocenters. The van der Waals surface area contributed by atoms with Crippen LogP contribution in [-0.4, -0.2) is 28.4 Å². The Morgan fingerprint density at radius 2 is 1.81 bits per heavy atom. The van der Waals surface area contributed by atoms with E-state index in [0.717, 1.165) is 23.2 Å². The molecule has 8 heteroatoms. The summed E-state index contributed by atoms with van der Waals surface area (Å²) in [6.45, 7) is 3.90. The van der Waals surface area contributed by atoms with Gasteiger partial charge in [-0.15, -0.1) is 0 Å². The second kappa shape index (κ2) is 7.86. The summed E-state index contributed by atoms with van der Waals surface area (Å²) in [6, 6.07) is 15.5. The Hall–Kier alpha value is -3.78. The van der Waals surface area contributed by atoms with Crippen molar-refractivity contribution in [2.75, 3.05) is 5.06 Å². The average Bonchev–Trinajstić information content (AvgIpc) is 3.40. The number of hydrogen-bond donors (Lipinski definition) is 0. The predicted octanol–water partition coefficient (Wildman–Crippen LogP) is 5.01. The molecule has 8 nitrogen and oxygen atoms in total. The molecule has 0 amide bonds. The molecule has 36 heavy (non-hydrogen) atoms. The van der Waals surface area contributed by atoms with E-state index >= 15 is 0 Å². The highest BCUT2D eigenvalue weighted by Gasteiger charge is 2.68. The lowest BCUT2D eigenvalue weighted by Crippen LogP contribution is -2.47. The van der Waals surface area contributed by atoms with Crippen LogP contribution in [0.5, 0.6) is 0 Å². The zero-order valence-corrected chi connectivity index (χ0v) is 20.0. The van der Waals surface area contributed by atoms with E-state index in [1.807, 2.05) is 43.3 Å². The summed E-state index contributed by atoms with van der Waals surface area (Å²) < 4.78 is 6.05. The molecule has 5 atom stereocenters. The number of carbonyl (C=O) groups is 2. The van der Waals surface area contributed by atoms with Crippen LogP contribution in [0.25, 0.3) is 0 Å². The quantitative estimate of drug-likeness (QED) is 0.341. The van der Waals surface area contributed by atoms with Crippen molar-refractivity contribution < 1.29 is 24.1 Å². The Morgan fingerprint density at radius 1 is 1.08 bits per heavy atom. The predicted molar refractivity (Wildman–Crippen MR) is 131 cm³/mol. The lowest BCUT2D eigenvalue weighted by atomic mass is 9.60. The van der Waals surface area contributed by atoms with E-state index < -0.39 is 22.6 Å². The van der Waals surface area contributed by atoms with Gasteiger partial charge in [-0.1, -0.05) is 43.3 Å². The number of nitro benzene ring substituents is 1. The molecule has 2 aliphatic carbocycles. The third-order valence-electron chi connectivity index (χ3n) is 8.33. The second-order valence-corrected chi connectivity index (χ2v) is 10.3. The summed E-state index contributed by atoms with van der Waals surface area (Å²) >= 11 is 0. The third-order valence-corrected chi connectivity index (χ3v) is 8.33. The molecule has 184 valence electrons. The van der Waals surface area contributed by atoms with E-state index in [2.05, 4.69) is 6.92 Å². The molecular weight excluding hydrogens is 460 g/mol. The summed E-state index contributed by atoms with van der Waals surface area (Å²) in [7, 11) is 0. The maximum Gasteiger partial charge on any atom is 0.342 e. The molecule has 2 aromatic carbocycles. The number of rotatable bonds is 3. The lowest BCUT2D eigenvalue weighted by Gasteiger charge is -2.44. The molecule has 1 spiro atoms. The number of benzene rings is 2. The van der Waals surface area contributed by atoms with Gasteiger partial charge < -0.3 is 4.74 Å². The molecule has 0 N–H and O–H groups in total. The number of ketones is 1. The molecule has 2 aliphatic heterocycles. The van der Waals surface area contributed by atoms with Crippen LogP contribution in [0.1, 0.15) is 44.7 Å². The van der Waals surface area contributed by atoms with E-state index in [0.29, 0.717) is 18.4 Å². The third kappa shape index (κ3) is 3.17. The molecule has 2 aromatic rings. The van der Waals surface area contributed by atoms with Gasteiger partial charge in [0.25, 0.3) is 5.69 Å². The fourth-order valence-corrected chi connectivity index (χ4v) is 6.45. The van der Waals surface area contributed by atoms with Crippen molar-refractivity contribution in [3.63, 3.8) is 0 Å². The van der Waals surface area contributed by atoms with Gasteiger partial charge in [0.05, 0.1) is 16.7 Å². The van der Waals surface area contributed by atoms with Gasteiger partial charge in [0.1, 0.15) is 6.10 Å². The zero-order valence-electron chi connectivity index (χ0n) is 20.0. The standard InChI is InChI=1S/C28H26N2O6/c1-17-23(31)13-15-27(2)14-12-21-25(24(17)27)35-26(32)28(21)16-22(18-8-10-20(11-9-18)30(33)34)29(36-28)19-6-4-3-5-7-19/h3-11,13,15,21-22,25H,12,14,16H2,1-2H3/t21-,22+,25+,27+,28+/m1/s1. The molecule has 0 radical (unpaired) electrons. The fraction of sp³-hybridized carbons (Fsp3) is 0.357. The van der Waals surface area contributed by atoms with Crippen molar-refractivity contribution in [3.05, 3.63) is 93.6 Å². The van der Waals surface area contributed by atoms with Crippen LogP contribution in [0.4, 0.5) is 11.4 Å². The Kier molecular flexibility index (Phi) is 4.95. The van der Waals surface area contributed by atoms with Crippen molar-refractivity contribution in [2.24, 2.45) is 11.3 Å². The van der Waals surface area contributed by atoms with Crippen LogP contribution < -0.4 is 5.06 Å².